The van der Waals surface area contributed by atoms with E-state index in [0.717, 1.165) is 6.07 Å². The minimum Gasteiger partial charge on any atom is -0.480 e. The van der Waals surface area contributed by atoms with E-state index in [0.29, 0.717) is 0 Å². The molecule has 0 aliphatic carbocycles. The summed E-state index contributed by atoms with van der Waals surface area (Å²) in [6.45, 7) is 5.06. The zero-order valence-electron chi connectivity index (χ0n) is 10.5. The Morgan fingerprint density at radius 3 is 2.28 bits per heavy atom. The lowest BCUT2D eigenvalue weighted by molar-refractivity contribution is -0.142. The van der Waals surface area contributed by atoms with Gasteiger partial charge in [0.25, 0.3) is 5.91 Å². The van der Waals surface area contributed by atoms with E-state index in [1.54, 1.807) is 20.8 Å². The molecule has 0 radical (unpaired) electrons. The van der Waals surface area contributed by atoms with Gasteiger partial charge in [0, 0.05) is 0 Å². The molecule has 98 valence electrons. The Hall–Kier alpha value is -1.91. The van der Waals surface area contributed by atoms with Crippen LogP contribution >= 0.6 is 0 Å². The molecular weight excluding hydrogens is 237 g/mol. The second kappa shape index (κ2) is 5.16. The van der Waals surface area contributed by atoms with Gasteiger partial charge in [-0.1, -0.05) is 32.9 Å². The topological polar surface area (TPSA) is 66.4 Å². The maximum atomic E-state index is 13.4. The van der Waals surface area contributed by atoms with Crippen molar-refractivity contribution in [2.45, 2.75) is 26.8 Å². The van der Waals surface area contributed by atoms with Gasteiger partial charge in [-0.25, -0.2) is 9.18 Å². The summed E-state index contributed by atoms with van der Waals surface area (Å²) in [5, 5.41) is 11.4. The first kappa shape index (κ1) is 14.2. The molecule has 1 aromatic carbocycles. The molecule has 1 rings (SSSR count). The van der Waals surface area contributed by atoms with E-state index in [4.69, 9.17) is 5.11 Å². The van der Waals surface area contributed by atoms with Crippen molar-refractivity contribution in [2.75, 3.05) is 0 Å². The molecule has 18 heavy (non-hydrogen) atoms. The van der Waals surface area contributed by atoms with Crippen LogP contribution in [0.15, 0.2) is 24.3 Å². The minimum atomic E-state index is -1.15. The van der Waals surface area contributed by atoms with E-state index < -0.39 is 29.2 Å². The van der Waals surface area contributed by atoms with Gasteiger partial charge in [0.15, 0.2) is 0 Å². The summed E-state index contributed by atoms with van der Waals surface area (Å²) < 4.78 is 13.4. The van der Waals surface area contributed by atoms with Crippen LogP contribution in [-0.4, -0.2) is 23.0 Å². The molecule has 1 aromatic rings. The maximum absolute atomic E-state index is 13.4. The Balaban J connectivity index is 2.93. The first-order chi connectivity index (χ1) is 8.23. The third-order valence-electron chi connectivity index (χ3n) is 2.51. The predicted molar refractivity (Wildman–Crippen MR) is 64.7 cm³/mol. The second-order valence-corrected chi connectivity index (χ2v) is 5.09. The third kappa shape index (κ3) is 3.29. The van der Waals surface area contributed by atoms with Crippen molar-refractivity contribution >= 4 is 11.9 Å². The Kier molecular flexibility index (Phi) is 4.06. The van der Waals surface area contributed by atoms with Crippen molar-refractivity contribution in [3.8, 4) is 0 Å². The van der Waals surface area contributed by atoms with Gasteiger partial charge < -0.3 is 10.4 Å². The number of aliphatic carboxylic acids is 1. The first-order valence-corrected chi connectivity index (χ1v) is 5.51. The molecule has 0 heterocycles. The Labute approximate surface area is 105 Å². The SMILES string of the molecule is CC(C)(C)[C@H](NC(=O)c1ccccc1F)C(=O)O. The number of carboxylic acids is 1. The van der Waals surface area contributed by atoms with E-state index in [1.807, 2.05) is 0 Å². The Morgan fingerprint density at radius 1 is 1.28 bits per heavy atom. The van der Waals surface area contributed by atoms with Gasteiger partial charge in [0.2, 0.25) is 0 Å². The Morgan fingerprint density at radius 2 is 1.83 bits per heavy atom. The fraction of sp³-hybridized carbons (Fsp3) is 0.385. The summed E-state index contributed by atoms with van der Waals surface area (Å²) in [7, 11) is 0. The number of benzene rings is 1. The lowest BCUT2D eigenvalue weighted by atomic mass is 9.86. The number of carbonyl (C=O) groups is 2. The average molecular weight is 253 g/mol. The molecule has 0 bridgehead atoms. The van der Waals surface area contributed by atoms with Crippen LogP contribution in [0.5, 0.6) is 0 Å². The van der Waals surface area contributed by atoms with Gasteiger partial charge >= 0.3 is 5.97 Å². The summed E-state index contributed by atoms with van der Waals surface area (Å²) in [4.78, 5) is 22.9. The molecule has 0 aliphatic heterocycles. The van der Waals surface area contributed by atoms with E-state index in [1.165, 1.54) is 18.2 Å². The lowest BCUT2D eigenvalue weighted by Crippen LogP contribution is -2.49. The number of amides is 1. The van der Waals surface area contributed by atoms with Gasteiger partial charge in [-0.3, -0.25) is 4.79 Å². The number of carbonyl (C=O) groups excluding carboxylic acids is 1. The molecule has 1 atom stereocenters. The quantitative estimate of drug-likeness (QED) is 0.866. The van der Waals surface area contributed by atoms with Crippen LogP contribution in [0.3, 0.4) is 0 Å². The van der Waals surface area contributed by atoms with Crippen LogP contribution in [0, 0.1) is 11.2 Å². The number of hydrogen-bond donors (Lipinski definition) is 2. The number of hydrogen-bond acceptors (Lipinski definition) is 2. The van der Waals surface area contributed by atoms with E-state index in [2.05, 4.69) is 5.32 Å². The van der Waals surface area contributed by atoms with Gasteiger partial charge in [-0.05, 0) is 17.5 Å². The summed E-state index contributed by atoms with van der Waals surface area (Å²) in [6.07, 6.45) is 0. The summed E-state index contributed by atoms with van der Waals surface area (Å²) in [5.74, 6) is -2.55. The van der Waals surface area contributed by atoms with Crippen molar-refractivity contribution in [1.82, 2.24) is 5.32 Å². The van der Waals surface area contributed by atoms with E-state index in [9.17, 15) is 14.0 Å². The van der Waals surface area contributed by atoms with Crippen molar-refractivity contribution in [2.24, 2.45) is 5.41 Å². The number of carboxylic acid groups (broad SMARTS) is 1. The summed E-state index contributed by atoms with van der Waals surface area (Å²) >= 11 is 0. The van der Waals surface area contributed by atoms with Crippen LogP contribution in [0.2, 0.25) is 0 Å². The van der Waals surface area contributed by atoms with Crippen molar-refractivity contribution < 1.29 is 19.1 Å². The fourth-order valence-corrected chi connectivity index (χ4v) is 1.50. The largest absolute Gasteiger partial charge is 0.480 e. The Bertz CT molecular complexity index is 466. The van der Waals surface area contributed by atoms with Crippen molar-refractivity contribution in [3.05, 3.63) is 35.6 Å². The van der Waals surface area contributed by atoms with Crippen molar-refractivity contribution in [1.29, 1.82) is 0 Å². The molecule has 5 heteroatoms. The third-order valence-corrected chi connectivity index (χ3v) is 2.51. The molecule has 1 amide bonds. The second-order valence-electron chi connectivity index (χ2n) is 5.09. The molecule has 4 nitrogen and oxygen atoms in total. The highest BCUT2D eigenvalue weighted by Crippen LogP contribution is 2.20. The minimum absolute atomic E-state index is 0.159. The van der Waals surface area contributed by atoms with Gasteiger partial charge in [-0.15, -0.1) is 0 Å². The van der Waals surface area contributed by atoms with Gasteiger partial charge in [0.1, 0.15) is 11.9 Å². The normalized spacial score (nSPS) is 12.9. The zero-order valence-corrected chi connectivity index (χ0v) is 10.5. The monoisotopic (exact) mass is 253 g/mol. The first-order valence-electron chi connectivity index (χ1n) is 5.51. The van der Waals surface area contributed by atoms with E-state index >= 15 is 0 Å². The number of rotatable bonds is 3. The van der Waals surface area contributed by atoms with Crippen LogP contribution in [0.25, 0.3) is 0 Å². The molecule has 0 fully saturated rings. The molecule has 0 saturated heterocycles. The fourth-order valence-electron chi connectivity index (χ4n) is 1.50. The smallest absolute Gasteiger partial charge is 0.326 e. The van der Waals surface area contributed by atoms with Gasteiger partial charge in [-0.2, -0.15) is 0 Å². The van der Waals surface area contributed by atoms with Crippen LogP contribution in [0.1, 0.15) is 31.1 Å². The molecule has 0 aromatic heterocycles. The van der Waals surface area contributed by atoms with Gasteiger partial charge in [0.05, 0.1) is 5.56 Å². The predicted octanol–water partition coefficient (Wildman–Crippen LogP) is 2.05. The average Bonchev–Trinajstić information content (AvgIpc) is 2.24. The molecule has 0 saturated carbocycles. The molecule has 0 spiro atoms. The van der Waals surface area contributed by atoms with Crippen LogP contribution < -0.4 is 5.32 Å². The number of nitrogens with one attached hydrogen (secondary N) is 1. The van der Waals surface area contributed by atoms with Crippen molar-refractivity contribution in [3.63, 3.8) is 0 Å². The summed E-state index contributed by atoms with van der Waals surface area (Å²) in [5.41, 5.74) is -0.819. The number of halogens is 1. The zero-order chi connectivity index (χ0) is 13.9. The summed E-state index contributed by atoms with van der Waals surface area (Å²) in [6, 6.07) is 4.37. The van der Waals surface area contributed by atoms with Crippen LogP contribution in [0.4, 0.5) is 4.39 Å². The van der Waals surface area contributed by atoms with E-state index in [-0.39, 0.29) is 5.56 Å². The maximum Gasteiger partial charge on any atom is 0.326 e. The molecule has 0 unspecified atom stereocenters. The van der Waals surface area contributed by atoms with Crippen LogP contribution in [-0.2, 0) is 4.79 Å². The molecule has 0 aliphatic rings. The standard InChI is InChI=1S/C13H16FNO3/c1-13(2,3)10(12(17)18)15-11(16)8-6-4-5-7-9(8)14/h4-7,10H,1-3H3,(H,15,16)(H,17,18)/t10-/m1/s1. The highest BCUT2D eigenvalue weighted by molar-refractivity contribution is 5.96. The molecular formula is C13H16FNO3. The highest BCUT2D eigenvalue weighted by Gasteiger charge is 2.33. The highest BCUT2D eigenvalue weighted by atomic mass is 19.1. The lowest BCUT2D eigenvalue weighted by Gasteiger charge is -2.27. The molecule has 2 N–H and O–H groups in total.